The fourth-order valence-electron chi connectivity index (χ4n) is 4.25. The molecule has 0 spiro atoms. The number of unbranched alkanes of at least 4 members (excludes halogenated alkanes) is 1. The summed E-state index contributed by atoms with van der Waals surface area (Å²) >= 11 is 1.23. The van der Waals surface area contributed by atoms with Crippen LogP contribution in [0.1, 0.15) is 50.8 Å². The summed E-state index contributed by atoms with van der Waals surface area (Å²) in [5.41, 5.74) is 1.77. The summed E-state index contributed by atoms with van der Waals surface area (Å²) in [4.78, 5) is 43.2. The number of benzene rings is 2. The molecule has 1 aliphatic heterocycles. The summed E-state index contributed by atoms with van der Waals surface area (Å²) in [5, 5.41) is 0. The predicted molar refractivity (Wildman–Crippen MR) is 147 cm³/mol. The maximum absolute atomic E-state index is 13.8. The first-order valence-corrected chi connectivity index (χ1v) is 13.3. The number of ether oxygens (including phenoxy) is 4. The summed E-state index contributed by atoms with van der Waals surface area (Å²) in [6, 6.07) is 11.6. The fraction of sp³-hybridized carbons (Fsp3) is 0.310. The molecule has 10 heteroatoms. The number of carbonyl (C=O) groups is 2. The molecule has 204 valence electrons. The Morgan fingerprint density at radius 1 is 1.10 bits per heavy atom. The van der Waals surface area contributed by atoms with Crippen LogP contribution in [0.25, 0.3) is 6.08 Å². The van der Waals surface area contributed by atoms with Crippen LogP contribution >= 0.6 is 11.3 Å². The van der Waals surface area contributed by atoms with E-state index in [0.29, 0.717) is 27.2 Å². The minimum absolute atomic E-state index is 0.226. The number of thiazole rings is 1. The van der Waals surface area contributed by atoms with E-state index in [-0.39, 0.29) is 22.6 Å². The number of fused-ring (bicyclic) bond motifs is 1. The molecule has 0 saturated heterocycles. The molecule has 0 N–H and O–H groups in total. The molecule has 0 unspecified atom stereocenters. The van der Waals surface area contributed by atoms with Crippen molar-refractivity contribution in [2.75, 3.05) is 20.8 Å². The third-order valence-electron chi connectivity index (χ3n) is 6.13. The summed E-state index contributed by atoms with van der Waals surface area (Å²) in [7, 11) is 2.73. The molecule has 4 rings (SSSR count). The van der Waals surface area contributed by atoms with E-state index in [2.05, 4.69) is 11.9 Å². The number of hydrogen-bond donors (Lipinski definition) is 0. The highest BCUT2D eigenvalue weighted by atomic mass is 32.1. The molecule has 0 saturated carbocycles. The standard InChI is InChI=1S/C29H30N2O7S/c1-6-7-14-37-21-11-8-19(9-12-21)15-24-27(33)31-26(25(28(34)36-5)17(2)30-29(31)39-24)20-10-13-22(38-18(3)32)23(16-20)35-4/h8-13,15-16,26H,6-7,14H2,1-5H3/b24-15+/t26-/m0/s1. The van der Waals surface area contributed by atoms with Gasteiger partial charge in [0, 0.05) is 6.92 Å². The highest BCUT2D eigenvalue weighted by Crippen LogP contribution is 2.36. The van der Waals surface area contributed by atoms with Crippen molar-refractivity contribution in [2.45, 2.75) is 39.7 Å². The van der Waals surface area contributed by atoms with E-state index >= 15 is 0 Å². The lowest BCUT2D eigenvalue weighted by Gasteiger charge is -2.25. The van der Waals surface area contributed by atoms with E-state index in [9.17, 15) is 14.4 Å². The Morgan fingerprint density at radius 2 is 1.85 bits per heavy atom. The zero-order valence-electron chi connectivity index (χ0n) is 22.5. The largest absolute Gasteiger partial charge is 0.494 e. The van der Waals surface area contributed by atoms with Crippen LogP contribution < -0.4 is 29.1 Å². The molecule has 1 aliphatic rings. The number of hydrogen-bond acceptors (Lipinski definition) is 9. The Hall–Kier alpha value is -4.18. The maximum atomic E-state index is 13.8. The quantitative estimate of drug-likeness (QED) is 0.228. The normalized spacial score (nSPS) is 14.9. The smallest absolute Gasteiger partial charge is 0.338 e. The monoisotopic (exact) mass is 550 g/mol. The minimum Gasteiger partial charge on any atom is -0.494 e. The minimum atomic E-state index is -0.828. The molecule has 2 aromatic carbocycles. The van der Waals surface area contributed by atoms with Gasteiger partial charge in [-0.3, -0.25) is 14.2 Å². The van der Waals surface area contributed by atoms with E-state index < -0.39 is 18.0 Å². The predicted octanol–water partition coefficient (Wildman–Crippen LogP) is 3.52. The van der Waals surface area contributed by atoms with Crippen molar-refractivity contribution in [3.05, 3.63) is 84.5 Å². The van der Waals surface area contributed by atoms with Crippen molar-refractivity contribution >= 4 is 29.4 Å². The highest BCUT2D eigenvalue weighted by Gasteiger charge is 2.33. The topological polar surface area (TPSA) is 105 Å². The summed E-state index contributed by atoms with van der Waals surface area (Å²) < 4.78 is 23.4. The van der Waals surface area contributed by atoms with Gasteiger partial charge in [-0.15, -0.1) is 0 Å². The Kier molecular flexibility index (Phi) is 8.65. The molecular formula is C29H30N2O7S. The van der Waals surface area contributed by atoms with Crippen molar-refractivity contribution < 1.29 is 28.5 Å². The zero-order chi connectivity index (χ0) is 28.1. The van der Waals surface area contributed by atoms with Gasteiger partial charge >= 0.3 is 11.9 Å². The molecule has 2 heterocycles. The molecule has 0 aliphatic carbocycles. The number of carbonyl (C=O) groups excluding carboxylic acids is 2. The molecule has 1 aromatic heterocycles. The first-order chi connectivity index (χ1) is 18.8. The molecule has 3 aromatic rings. The maximum Gasteiger partial charge on any atom is 0.338 e. The van der Waals surface area contributed by atoms with Gasteiger partial charge in [-0.05, 0) is 54.8 Å². The van der Waals surface area contributed by atoms with Crippen molar-refractivity contribution in [3.63, 3.8) is 0 Å². The van der Waals surface area contributed by atoms with Crippen LogP contribution in [0.5, 0.6) is 17.2 Å². The van der Waals surface area contributed by atoms with Crippen LogP contribution in [-0.4, -0.2) is 37.3 Å². The van der Waals surface area contributed by atoms with E-state index in [1.807, 2.05) is 24.3 Å². The highest BCUT2D eigenvalue weighted by molar-refractivity contribution is 7.07. The lowest BCUT2D eigenvalue weighted by atomic mass is 9.95. The number of rotatable bonds is 9. The summed E-state index contributed by atoms with van der Waals surface area (Å²) in [6.45, 7) is 5.76. The third-order valence-corrected chi connectivity index (χ3v) is 7.11. The van der Waals surface area contributed by atoms with Crippen molar-refractivity contribution in [1.82, 2.24) is 4.57 Å². The van der Waals surface area contributed by atoms with Gasteiger partial charge < -0.3 is 18.9 Å². The van der Waals surface area contributed by atoms with E-state index in [0.717, 1.165) is 24.2 Å². The van der Waals surface area contributed by atoms with Crippen molar-refractivity contribution in [1.29, 1.82) is 0 Å². The molecule has 0 fully saturated rings. The first kappa shape index (κ1) is 27.8. The van der Waals surface area contributed by atoms with Crippen LogP contribution in [0.2, 0.25) is 0 Å². The van der Waals surface area contributed by atoms with Gasteiger partial charge in [-0.2, -0.15) is 0 Å². The molecule has 0 amide bonds. The summed E-state index contributed by atoms with van der Waals surface area (Å²) in [6.07, 6.45) is 3.83. The van der Waals surface area contributed by atoms with Crippen LogP contribution in [0, 0.1) is 0 Å². The van der Waals surface area contributed by atoms with Gasteiger partial charge in [0.15, 0.2) is 16.3 Å². The fourth-order valence-corrected chi connectivity index (χ4v) is 5.29. The SMILES string of the molecule is CCCCOc1ccc(/C=c2/sc3n(c2=O)[C@@H](c2ccc(OC(C)=O)c(OC)c2)C(C(=O)OC)=C(C)N=3)cc1. The van der Waals surface area contributed by atoms with Gasteiger partial charge in [0.2, 0.25) is 0 Å². The Labute approximate surface area is 229 Å². The second-order valence-electron chi connectivity index (χ2n) is 8.85. The molecule has 9 nitrogen and oxygen atoms in total. The van der Waals surface area contributed by atoms with E-state index in [4.69, 9.17) is 18.9 Å². The Balaban J connectivity index is 1.82. The number of esters is 2. The van der Waals surface area contributed by atoms with E-state index in [1.165, 1.54) is 37.0 Å². The second kappa shape index (κ2) is 12.1. The molecular weight excluding hydrogens is 520 g/mol. The van der Waals surface area contributed by atoms with Crippen LogP contribution in [-0.2, 0) is 14.3 Å². The average Bonchev–Trinajstić information content (AvgIpc) is 3.22. The van der Waals surface area contributed by atoms with Gasteiger partial charge in [0.05, 0.1) is 42.7 Å². The number of aromatic nitrogens is 1. The molecule has 0 radical (unpaired) electrons. The second-order valence-corrected chi connectivity index (χ2v) is 9.86. The molecule has 1 atom stereocenters. The third kappa shape index (κ3) is 5.96. The van der Waals surface area contributed by atoms with Gasteiger partial charge in [0.25, 0.3) is 5.56 Å². The van der Waals surface area contributed by atoms with Crippen LogP contribution in [0.4, 0.5) is 0 Å². The van der Waals surface area contributed by atoms with Gasteiger partial charge in [0.1, 0.15) is 5.75 Å². The molecule has 0 bridgehead atoms. The lowest BCUT2D eigenvalue weighted by molar-refractivity contribution is -0.136. The van der Waals surface area contributed by atoms with Crippen LogP contribution in [0.3, 0.4) is 0 Å². The lowest BCUT2D eigenvalue weighted by Crippen LogP contribution is -2.39. The zero-order valence-corrected chi connectivity index (χ0v) is 23.3. The van der Waals surface area contributed by atoms with E-state index in [1.54, 1.807) is 31.2 Å². The molecule has 39 heavy (non-hydrogen) atoms. The number of nitrogens with zero attached hydrogens (tertiary/aromatic N) is 2. The first-order valence-electron chi connectivity index (χ1n) is 12.5. The van der Waals surface area contributed by atoms with Gasteiger partial charge in [-0.25, -0.2) is 9.79 Å². The number of allylic oxidation sites excluding steroid dienone is 1. The Morgan fingerprint density at radius 3 is 2.49 bits per heavy atom. The van der Waals surface area contributed by atoms with Crippen LogP contribution in [0.15, 0.2) is 63.5 Å². The van der Waals surface area contributed by atoms with Crippen molar-refractivity contribution in [3.8, 4) is 17.2 Å². The van der Waals surface area contributed by atoms with Gasteiger partial charge in [-0.1, -0.05) is 42.9 Å². The number of methoxy groups -OCH3 is 2. The average molecular weight is 551 g/mol. The Bertz CT molecular complexity index is 1600. The van der Waals surface area contributed by atoms with Crippen molar-refractivity contribution in [2.24, 2.45) is 4.99 Å². The summed E-state index contributed by atoms with van der Waals surface area (Å²) in [5.74, 6) is 0.179.